The third kappa shape index (κ3) is 6.40. The Labute approximate surface area is 231 Å². The van der Waals surface area contributed by atoms with Crippen LogP contribution in [0.5, 0.6) is 11.5 Å². The van der Waals surface area contributed by atoms with Crippen LogP contribution < -0.4 is 14.8 Å². The molecule has 3 atom stereocenters. The molecule has 5 rings (SSSR count). The number of hydrogen-bond acceptors (Lipinski definition) is 6. The molecule has 0 unspecified atom stereocenters. The first kappa shape index (κ1) is 27.5. The molecule has 39 heavy (non-hydrogen) atoms. The second-order valence-electron chi connectivity index (χ2n) is 11.5. The van der Waals surface area contributed by atoms with Crippen LogP contribution in [0.15, 0.2) is 24.5 Å². The Hall–Kier alpha value is -3.07. The van der Waals surface area contributed by atoms with Gasteiger partial charge in [-0.05, 0) is 67.6 Å². The first-order valence-electron chi connectivity index (χ1n) is 14.4. The Kier molecular flexibility index (Phi) is 8.75. The SMILES string of the molecule is COc1cc2cc(c1OC)CCCNC(=O)CCC[C@H]1[C@@H]3C[C@@H](CN(Cc4nccn4C)C3)CN1C(=O)CC2. The Morgan fingerprint density at radius 2 is 1.90 bits per heavy atom. The molecule has 212 valence electrons. The molecular formula is C30H43N5O4. The van der Waals surface area contributed by atoms with E-state index in [-0.39, 0.29) is 17.9 Å². The highest BCUT2D eigenvalue weighted by molar-refractivity contribution is 5.77. The van der Waals surface area contributed by atoms with Gasteiger partial charge in [-0.25, -0.2) is 4.98 Å². The molecule has 1 aromatic heterocycles. The van der Waals surface area contributed by atoms with Crippen LogP contribution in [0.3, 0.4) is 0 Å². The van der Waals surface area contributed by atoms with Crippen molar-refractivity contribution in [3.05, 3.63) is 41.5 Å². The number of nitrogens with zero attached hydrogens (tertiary/aromatic N) is 4. The van der Waals surface area contributed by atoms with Crippen LogP contribution >= 0.6 is 0 Å². The summed E-state index contributed by atoms with van der Waals surface area (Å²) < 4.78 is 13.4. The smallest absolute Gasteiger partial charge is 0.223 e. The van der Waals surface area contributed by atoms with E-state index in [4.69, 9.17) is 9.47 Å². The van der Waals surface area contributed by atoms with Crippen molar-refractivity contribution in [1.82, 2.24) is 24.7 Å². The van der Waals surface area contributed by atoms with Gasteiger partial charge in [0, 0.05) is 64.5 Å². The van der Waals surface area contributed by atoms with Gasteiger partial charge in [0.25, 0.3) is 0 Å². The van der Waals surface area contributed by atoms with Gasteiger partial charge in [-0.2, -0.15) is 0 Å². The van der Waals surface area contributed by atoms with Gasteiger partial charge in [0.05, 0.1) is 20.8 Å². The number of carbonyl (C=O) groups is 2. The number of aromatic nitrogens is 2. The van der Waals surface area contributed by atoms with Crippen molar-refractivity contribution < 1.29 is 19.1 Å². The Morgan fingerprint density at radius 1 is 1.03 bits per heavy atom. The van der Waals surface area contributed by atoms with E-state index in [1.54, 1.807) is 14.2 Å². The van der Waals surface area contributed by atoms with Crippen LogP contribution in [-0.2, 0) is 36.0 Å². The summed E-state index contributed by atoms with van der Waals surface area (Å²) in [6.07, 6.45) is 9.90. The van der Waals surface area contributed by atoms with E-state index < -0.39 is 0 Å². The number of aryl methyl sites for hydroxylation is 3. The Morgan fingerprint density at radius 3 is 2.67 bits per heavy atom. The van der Waals surface area contributed by atoms with Gasteiger partial charge in [-0.1, -0.05) is 6.07 Å². The van der Waals surface area contributed by atoms with Crippen molar-refractivity contribution in [2.75, 3.05) is 40.4 Å². The van der Waals surface area contributed by atoms with Gasteiger partial charge in [-0.15, -0.1) is 0 Å². The number of imidazole rings is 1. The zero-order valence-electron chi connectivity index (χ0n) is 23.7. The largest absolute Gasteiger partial charge is 0.493 e. The minimum atomic E-state index is 0.0898. The molecular weight excluding hydrogens is 494 g/mol. The Balaban J connectivity index is 1.35. The molecule has 1 aromatic carbocycles. The minimum Gasteiger partial charge on any atom is -0.493 e. The number of nitrogens with one attached hydrogen (secondary N) is 1. The summed E-state index contributed by atoms with van der Waals surface area (Å²) >= 11 is 0. The third-order valence-corrected chi connectivity index (χ3v) is 8.74. The number of methoxy groups -OCH3 is 2. The first-order valence-corrected chi connectivity index (χ1v) is 14.4. The molecule has 2 fully saturated rings. The molecule has 4 bridgehead atoms. The van der Waals surface area contributed by atoms with Gasteiger partial charge in [0.2, 0.25) is 11.8 Å². The monoisotopic (exact) mass is 537 g/mol. The molecule has 0 saturated carbocycles. The van der Waals surface area contributed by atoms with Crippen LogP contribution in [0.2, 0.25) is 0 Å². The molecule has 0 aliphatic carbocycles. The van der Waals surface area contributed by atoms with Crippen molar-refractivity contribution >= 4 is 11.8 Å². The van der Waals surface area contributed by atoms with Gasteiger partial charge in [0.15, 0.2) is 11.5 Å². The van der Waals surface area contributed by atoms with Gasteiger partial charge in [0.1, 0.15) is 5.82 Å². The van der Waals surface area contributed by atoms with Crippen molar-refractivity contribution in [2.24, 2.45) is 18.9 Å². The summed E-state index contributed by atoms with van der Waals surface area (Å²) in [5, 5.41) is 3.09. The lowest BCUT2D eigenvalue weighted by Crippen LogP contribution is -2.59. The standard InChI is InChI=1S/C30H43N5O4/c1-33-13-12-31-27(33)20-34-17-22-15-24(19-34)25-7-4-8-28(36)32-11-5-6-23-14-21(9-10-29(37)35(25)18-22)16-26(38-2)30(23)39-3/h12-14,16,22,24-25H,4-11,15,17-20H2,1-3H3,(H,32,36)/t22-,24+,25-/m0/s1. The van der Waals surface area contributed by atoms with E-state index in [2.05, 4.69) is 30.7 Å². The fourth-order valence-electron chi connectivity index (χ4n) is 6.88. The van der Waals surface area contributed by atoms with Crippen molar-refractivity contribution in [1.29, 1.82) is 0 Å². The van der Waals surface area contributed by atoms with E-state index in [9.17, 15) is 9.59 Å². The quantitative estimate of drug-likeness (QED) is 0.645. The number of ether oxygens (including phenoxy) is 2. The van der Waals surface area contributed by atoms with E-state index in [0.29, 0.717) is 43.4 Å². The minimum absolute atomic E-state index is 0.0898. The predicted molar refractivity (Wildman–Crippen MR) is 149 cm³/mol. The molecule has 2 saturated heterocycles. The molecule has 3 aliphatic heterocycles. The zero-order valence-corrected chi connectivity index (χ0v) is 23.7. The van der Waals surface area contributed by atoms with Gasteiger partial charge < -0.3 is 24.3 Å². The number of piperidine rings is 2. The molecule has 3 aliphatic rings. The molecule has 9 heteroatoms. The summed E-state index contributed by atoms with van der Waals surface area (Å²) in [6.45, 7) is 4.21. The van der Waals surface area contributed by atoms with E-state index in [1.807, 2.05) is 25.5 Å². The molecule has 1 N–H and O–H groups in total. The average Bonchev–Trinajstić information content (AvgIpc) is 3.33. The van der Waals surface area contributed by atoms with E-state index in [0.717, 1.165) is 81.0 Å². The maximum Gasteiger partial charge on any atom is 0.223 e. The zero-order chi connectivity index (χ0) is 27.4. The molecule has 4 heterocycles. The second-order valence-corrected chi connectivity index (χ2v) is 11.5. The van der Waals surface area contributed by atoms with Crippen molar-refractivity contribution in [3.8, 4) is 11.5 Å². The van der Waals surface area contributed by atoms with Crippen LogP contribution in [0, 0.1) is 11.8 Å². The highest BCUT2D eigenvalue weighted by Gasteiger charge is 2.42. The second kappa shape index (κ2) is 12.4. The molecule has 2 amide bonds. The summed E-state index contributed by atoms with van der Waals surface area (Å²) in [5.74, 6) is 3.70. The normalized spacial score (nSPS) is 25.1. The number of amides is 2. The topological polar surface area (TPSA) is 88.9 Å². The van der Waals surface area contributed by atoms with Crippen LogP contribution in [0.25, 0.3) is 0 Å². The van der Waals surface area contributed by atoms with Crippen molar-refractivity contribution in [2.45, 2.75) is 64.0 Å². The molecule has 9 nitrogen and oxygen atoms in total. The average molecular weight is 538 g/mol. The number of likely N-dealkylation sites (tertiary alicyclic amines) is 1. The first-order chi connectivity index (χ1) is 18.9. The summed E-state index contributed by atoms with van der Waals surface area (Å²) in [5.41, 5.74) is 2.14. The fraction of sp³-hybridized carbons (Fsp3) is 0.633. The Bertz CT molecular complexity index is 1160. The van der Waals surface area contributed by atoms with Crippen LogP contribution in [-0.4, -0.2) is 77.6 Å². The lowest BCUT2D eigenvalue weighted by molar-refractivity contribution is -0.141. The van der Waals surface area contributed by atoms with Crippen LogP contribution in [0.1, 0.15) is 55.5 Å². The molecule has 2 aromatic rings. The van der Waals surface area contributed by atoms with Crippen LogP contribution in [0.4, 0.5) is 0 Å². The lowest BCUT2D eigenvalue weighted by Gasteiger charge is -2.51. The fourth-order valence-corrected chi connectivity index (χ4v) is 6.88. The maximum absolute atomic E-state index is 13.8. The van der Waals surface area contributed by atoms with Gasteiger partial charge in [-0.3, -0.25) is 14.5 Å². The third-order valence-electron chi connectivity index (χ3n) is 8.74. The molecule has 0 radical (unpaired) electrons. The highest BCUT2D eigenvalue weighted by Crippen LogP contribution is 2.37. The highest BCUT2D eigenvalue weighted by atomic mass is 16.5. The molecule has 0 spiro atoms. The summed E-state index contributed by atoms with van der Waals surface area (Å²) in [7, 11) is 5.35. The van der Waals surface area contributed by atoms with E-state index >= 15 is 0 Å². The summed E-state index contributed by atoms with van der Waals surface area (Å²) in [6, 6.07) is 4.30. The number of fused-ring (bicyclic) bond motifs is 6. The predicted octanol–water partition coefficient (Wildman–Crippen LogP) is 2.95. The lowest BCUT2D eigenvalue weighted by atomic mass is 9.77. The summed E-state index contributed by atoms with van der Waals surface area (Å²) in [4.78, 5) is 35.6. The van der Waals surface area contributed by atoms with Gasteiger partial charge >= 0.3 is 0 Å². The number of hydrogen-bond donors (Lipinski definition) is 1. The number of benzene rings is 1. The maximum atomic E-state index is 13.8. The van der Waals surface area contributed by atoms with E-state index in [1.165, 1.54) is 0 Å². The van der Waals surface area contributed by atoms with Crippen molar-refractivity contribution in [3.63, 3.8) is 0 Å². The number of rotatable bonds is 4. The number of carbonyl (C=O) groups excluding carboxylic acids is 2.